The second-order valence-corrected chi connectivity index (χ2v) is 5.45. The summed E-state index contributed by atoms with van der Waals surface area (Å²) in [6.45, 7) is 2.03. The molecule has 0 bridgehead atoms. The van der Waals surface area contributed by atoms with E-state index in [9.17, 15) is 0 Å². The molecule has 0 spiro atoms. The summed E-state index contributed by atoms with van der Waals surface area (Å²) in [7, 11) is 0. The zero-order valence-electron chi connectivity index (χ0n) is 11.2. The minimum atomic E-state index is 0.0260. The van der Waals surface area contributed by atoms with Gasteiger partial charge in [-0.3, -0.25) is 0 Å². The summed E-state index contributed by atoms with van der Waals surface area (Å²) in [4.78, 5) is 12.7. The third-order valence-corrected chi connectivity index (χ3v) is 3.94. The molecule has 2 heterocycles. The number of benzene rings is 1. The summed E-state index contributed by atoms with van der Waals surface area (Å²) in [6, 6.07) is 9.40. The predicted molar refractivity (Wildman–Crippen MR) is 85.8 cm³/mol. The number of nitrogens with one attached hydrogen (secondary N) is 1. The van der Waals surface area contributed by atoms with Crippen LogP contribution in [0.4, 0.5) is 5.82 Å². The molecule has 4 nitrogen and oxygen atoms in total. The van der Waals surface area contributed by atoms with E-state index in [1.165, 1.54) is 6.33 Å². The van der Waals surface area contributed by atoms with Crippen molar-refractivity contribution in [2.45, 2.75) is 13.0 Å². The van der Waals surface area contributed by atoms with Gasteiger partial charge >= 0.3 is 0 Å². The lowest BCUT2D eigenvalue weighted by atomic mass is 10.1. The summed E-state index contributed by atoms with van der Waals surface area (Å²) in [5, 5.41) is 5.32. The molecular formula is C15H12Cl2N4. The van der Waals surface area contributed by atoms with E-state index in [1.54, 1.807) is 12.3 Å². The summed E-state index contributed by atoms with van der Waals surface area (Å²) in [6.07, 6.45) is 3.21. The van der Waals surface area contributed by atoms with Gasteiger partial charge < -0.3 is 5.32 Å². The molecule has 0 amide bonds. The predicted octanol–water partition coefficient (Wildman–Crippen LogP) is 4.50. The molecular weight excluding hydrogens is 307 g/mol. The smallest absolute Gasteiger partial charge is 0.164 e. The molecule has 21 heavy (non-hydrogen) atoms. The van der Waals surface area contributed by atoms with Crippen LogP contribution in [-0.4, -0.2) is 15.0 Å². The first kappa shape index (κ1) is 14.0. The highest BCUT2D eigenvalue weighted by Gasteiger charge is 2.11. The maximum atomic E-state index is 6.06. The zero-order valence-corrected chi connectivity index (χ0v) is 12.7. The fraction of sp³-hybridized carbons (Fsp3) is 0.133. The van der Waals surface area contributed by atoms with Crippen LogP contribution in [0.25, 0.3) is 11.0 Å². The summed E-state index contributed by atoms with van der Waals surface area (Å²) < 4.78 is 0. The van der Waals surface area contributed by atoms with Gasteiger partial charge in [0.2, 0.25) is 0 Å². The Balaban J connectivity index is 1.92. The zero-order chi connectivity index (χ0) is 14.8. The van der Waals surface area contributed by atoms with Gasteiger partial charge in [0.25, 0.3) is 0 Å². The minimum Gasteiger partial charge on any atom is -0.363 e. The molecule has 2 aromatic heterocycles. The van der Waals surface area contributed by atoms with Crippen molar-refractivity contribution in [1.29, 1.82) is 0 Å². The lowest BCUT2D eigenvalue weighted by Gasteiger charge is -2.16. The van der Waals surface area contributed by atoms with E-state index in [1.807, 2.05) is 31.2 Å². The van der Waals surface area contributed by atoms with Crippen molar-refractivity contribution in [3.8, 4) is 0 Å². The number of halogens is 2. The van der Waals surface area contributed by atoms with Gasteiger partial charge in [0.15, 0.2) is 5.65 Å². The first-order valence-corrected chi connectivity index (χ1v) is 7.18. The van der Waals surface area contributed by atoms with Crippen LogP contribution in [0.3, 0.4) is 0 Å². The second-order valence-electron chi connectivity index (χ2n) is 4.64. The van der Waals surface area contributed by atoms with E-state index in [0.717, 1.165) is 16.8 Å². The molecule has 1 aromatic carbocycles. The lowest BCUT2D eigenvalue weighted by Crippen LogP contribution is -2.08. The van der Waals surface area contributed by atoms with Crippen molar-refractivity contribution < 1.29 is 0 Å². The van der Waals surface area contributed by atoms with Crippen LogP contribution in [0.2, 0.25) is 10.0 Å². The molecule has 1 atom stereocenters. The molecule has 0 saturated heterocycles. The van der Waals surface area contributed by atoms with E-state index < -0.39 is 0 Å². The number of fused-ring (bicyclic) bond motifs is 1. The molecule has 0 aliphatic rings. The number of aromatic nitrogens is 3. The molecule has 1 unspecified atom stereocenters. The fourth-order valence-corrected chi connectivity index (χ4v) is 2.39. The highest BCUT2D eigenvalue weighted by molar-refractivity contribution is 6.42. The van der Waals surface area contributed by atoms with Crippen LogP contribution in [-0.2, 0) is 0 Å². The number of hydrogen-bond donors (Lipinski definition) is 1. The maximum absolute atomic E-state index is 6.06. The standard InChI is InChI=1S/C15H12Cl2N4/c1-9(10-4-5-12(16)13(17)7-10)21-15-11-3-2-6-18-14(11)19-8-20-15/h2-9H,1H3,(H,18,19,20,21). The van der Waals surface area contributed by atoms with E-state index in [0.29, 0.717) is 15.7 Å². The number of rotatable bonds is 3. The van der Waals surface area contributed by atoms with E-state index in [2.05, 4.69) is 20.3 Å². The normalized spacial score (nSPS) is 12.3. The Morgan fingerprint density at radius 3 is 2.71 bits per heavy atom. The van der Waals surface area contributed by atoms with Gasteiger partial charge in [-0.1, -0.05) is 29.3 Å². The van der Waals surface area contributed by atoms with Crippen molar-refractivity contribution in [2.75, 3.05) is 5.32 Å². The fourth-order valence-electron chi connectivity index (χ4n) is 2.08. The van der Waals surface area contributed by atoms with Crippen molar-refractivity contribution in [2.24, 2.45) is 0 Å². The highest BCUT2D eigenvalue weighted by atomic mass is 35.5. The Kier molecular flexibility index (Phi) is 3.90. The van der Waals surface area contributed by atoms with Crippen LogP contribution >= 0.6 is 23.2 Å². The van der Waals surface area contributed by atoms with Gasteiger partial charge in [0.05, 0.1) is 21.5 Å². The van der Waals surface area contributed by atoms with Gasteiger partial charge in [-0.25, -0.2) is 15.0 Å². The average molecular weight is 319 g/mol. The number of pyridine rings is 1. The van der Waals surface area contributed by atoms with Crippen LogP contribution in [0.15, 0.2) is 42.9 Å². The molecule has 106 valence electrons. The molecule has 0 fully saturated rings. The van der Waals surface area contributed by atoms with E-state index in [-0.39, 0.29) is 6.04 Å². The molecule has 6 heteroatoms. The SMILES string of the molecule is CC(Nc1ncnc2ncccc12)c1ccc(Cl)c(Cl)c1. The molecule has 0 aliphatic carbocycles. The summed E-state index contributed by atoms with van der Waals surface area (Å²) in [5.41, 5.74) is 1.69. The van der Waals surface area contributed by atoms with Crippen LogP contribution in [0.1, 0.15) is 18.5 Å². The lowest BCUT2D eigenvalue weighted by molar-refractivity contribution is 0.875. The van der Waals surface area contributed by atoms with Crippen LogP contribution in [0.5, 0.6) is 0 Å². The maximum Gasteiger partial charge on any atom is 0.164 e. The van der Waals surface area contributed by atoms with E-state index in [4.69, 9.17) is 23.2 Å². The van der Waals surface area contributed by atoms with Crippen LogP contribution < -0.4 is 5.32 Å². The second kappa shape index (κ2) is 5.84. The van der Waals surface area contributed by atoms with Crippen molar-refractivity contribution >= 4 is 40.1 Å². The molecule has 0 aliphatic heterocycles. The summed E-state index contributed by atoms with van der Waals surface area (Å²) in [5.74, 6) is 0.742. The van der Waals surface area contributed by atoms with Crippen molar-refractivity contribution in [1.82, 2.24) is 15.0 Å². The molecule has 0 radical (unpaired) electrons. The Bertz CT molecular complexity index is 786. The van der Waals surface area contributed by atoms with Gasteiger partial charge in [0, 0.05) is 6.20 Å². The highest BCUT2D eigenvalue weighted by Crippen LogP contribution is 2.28. The van der Waals surface area contributed by atoms with Crippen molar-refractivity contribution in [3.63, 3.8) is 0 Å². The first-order chi connectivity index (χ1) is 10.1. The Labute approximate surface area is 132 Å². The molecule has 0 saturated carbocycles. The third kappa shape index (κ3) is 2.91. The quantitative estimate of drug-likeness (QED) is 0.772. The molecule has 3 aromatic rings. The topological polar surface area (TPSA) is 50.7 Å². The Morgan fingerprint density at radius 1 is 1.05 bits per heavy atom. The molecule has 1 N–H and O–H groups in total. The third-order valence-electron chi connectivity index (χ3n) is 3.21. The minimum absolute atomic E-state index is 0.0260. The van der Waals surface area contributed by atoms with Crippen molar-refractivity contribution in [3.05, 3.63) is 58.5 Å². The van der Waals surface area contributed by atoms with Gasteiger partial charge in [0.1, 0.15) is 12.1 Å². The van der Waals surface area contributed by atoms with Gasteiger partial charge in [-0.05, 0) is 36.8 Å². The monoisotopic (exact) mass is 318 g/mol. The largest absolute Gasteiger partial charge is 0.363 e. The molecule has 3 rings (SSSR count). The first-order valence-electron chi connectivity index (χ1n) is 6.42. The average Bonchev–Trinajstić information content (AvgIpc) is 2.50. The van der Waals surface area contributed by atoms with Gasteiger partial charge in [-0.2, -0.15) is 0 Å². The summed E-state index contributed by atoms with van der Waals surface area (Å²) >= 11 is 12.0. The Morgan fingerprint density at radius 2 is 1.90 bits per heavy atom. The van der Waals surface area contributed by atoms with Gasteiger partial charge in [-0.15, -0.1) is 0 Å². The number of nitrogens with zero attached hydrogens (tertiary/aromatic N) is 3. The number of anilines is 1. The number of hydrogen-bond acceptors (Lipinski definition) is 4. The van der Waals surface area contributed by atoms with E-state index >= 15 is 0 Å². The Hall–Kier alpha value is -1.91. The van der Waals surface area contributed by atoms with Crippen LogP contribution in [0, 0.1) is 0 Å².